The minimum absolute atomic E-state index is 0.00628. The maximum absolute atomic E-state index is 14.0. The molecule has 4 rings (SSSR count). The molecule has 0 bridgehead atoms. The number of hydrogen-bond donors (Lipinski definition) is 1. The van der Waals surface area contributed by atoms with Crippen LogP contribution in [0.4, 0.5) is 8.78 Å². The fraction of sp³-hybridized carbons (Fsp3) is 0.421. The number of nitrogens with one attached hydrogen (secondary N) is 1. The van der Waals surface area contributed by atoms with E-state index in [-0.39, 0.29) is 25.3 Å². The third-order valence-electron chi connectivity index (χ3n) is 5.15. The molecule has 0 radical (unpaired) electrons. The van der Waals surface area contributed by atoms with Crippen LogP contribution in [0.5, 0.6) is 0 Å². The predicted molar refractivity (Wildman–Crippen MR) is 106 cm³/mol. The number of halogens is 2. The molecule has 1 aromatic heterocycles. The van der Waals surface area contributed by atoms with Gasteiger partial charge in [-0.25, -0.2) is 13.8 Å². The first-order valence-corrected chi connectivity index (χ1v) is 10.1. The maximum atomic E-state index is 14.0. The van der Waals surface area contributed by atoms with Crippen LogP contribution >= 0.6 is 11.5 Å². The zero-order chi connectivity index (χ0) is 21.5. The third kappa shape index (κ3) is 4.02. The van der Waals surface area contributed by atoms with Gasteiger partial charge in [-0.3, -0.25) is 14.4 Å². The van der Waals surface area contributed by atoms with Crippen LogP contribution < -0.4 is 5.32 Å². The number of amides is 3. The summed E-state index contributed by atoms with van der Waals surface area (Å²) in [4.78, 5) is 38.2. The number of rotatable bonds is 5. The molecule has 3 amide bonds. The number of alkyl halides is 2. The molecular formula is C19H19F2N5O3S. The fourth-order valence-electron chi connectivity index (χ4n) is 3.68. The molecule has 1 N–H and O–H groups in total. The van der Waals surface area contributed by atoms with Crippen LogP contribution in [0.15, 0.2) is 29.4 Å². The quantitative estimate of drug-likeness (QED) is 0.776. The zero-order valence-electron chi connectivity index (χ0n) is 16.1. The van der Waals surface area contributed by atoms with Crippen molar-refractivity contribution in [2.45, 2.75) is 31.2 Å². The highest BCUT2D eigenvalue weighted by atomic mass is 32.1. The second-order valence-corrected chi connectivity index (χ2v) is 8.18. The molecule has 8 nitrogen and oxygen atoms in total. The average molecular weight is 435 g/mol. The number of carbonyl (C=O) groups excluding carboxylic acids is 3. The van der Waals surface area contributed by atoms with Gasteiger partial charge in [-0.1, -0.05) is 18.2 Å². The van der Waals surface area contributed by atoms with Gasteiger partial charge in [0.15, 0.2) is 0 Å². The maximum Gasteiger partial charge on any atom is 0.267 e. The minimum atomic E-state index is -3.04. The van der Waals surface area contributed by atoms with Crippen LogP contribution in [0.25, 0.3) is 10.9 Å². The van der Waals surface area contributed by atoms with Crippen LogP contribution in [0, 0.1) is 0 Å². The lowest BCUT2D eigenvalue weighted by Crippen LogP contribution is -2.43. The van der Waals surface area contributed by atoms with Crippen LogP contribution in [-0.4, -0.2) is 69.8 Å². The Hall–Kier alpha value is -2.95. The second-order valence-electron chi connectivity index (χ2n) is 7.41. The Kier molecular flexibility index (Phi) is 5.22. The Labute approximate surface area is 174 Å². The predicted octanol–water partition coefficient (Wildman–Crippen LogP) is 1.87. The summed E-state index contributed by atoms with van der Waals surface area (Å²) in [5.41, 5.74) is 1.04. The molecule has 158 valence electrons. The molecule has 2 aliphatic heterocycles. The fourth-order valence-corrected chi connectivity index (χ4v) is 4.46. The molecule has 1 aromatic carbocycles. The van der Waals surface area contributed by atoms with Gasteiger partial charge in [-0.2, -0.15) is 9.47 Å². The molecule has 2 aliphatic rings. The van der Waals surface area contributed by atoms with E-state index in [1.54, 1.807) is 18.2 Å². The van der Waals surface area contributed by atoms with Gasteiger partial charge in [0, 0.05) is 25.4 Å². The molecule has 2 aromatic rings. The van der Waals surface area contributed by atoms with Crippen molar-refractivity contribution in [3.63, 3.8) is 0 Å². The highest BCUT2D eigenvalue weighted by molar-refractivity contribution is 7.09. The molecule has 1 fully saturated rings. The summed E-state index contributed by atoms with van der Waals surface area (Å²) in [7, 11) is 1.48. The van der Waals surface area contributed by atoms with E-state index in [9.17, 15) is 23.2 Å². The molecular weight excluding hydrogens is 416 g/mol. The lowest BCUT2D eigenvalue weighted by molar-refractivity contribution is -0.131. The Bertz CT molecular complexity index is 1050. The van der Waals surface area contributed by atoms with E-state index in [4.69, 9.17) is 0 Å². The van der Waals surface area contributed by atoms with Crippen molar-refractivity contribution in [2.75, 3.05) is 20.1 Å². The van der Waals surface area contributed by atoms with Gasteiger partial charge in [0.05, 0.1) is 36.7 Å². The molecule has 0 saturated carbocycles. The molecule has 1 atom stereocenters. The molecule has 3 heterocycles. The van der Waals surface area contributed by atoms with E-state index in [2.05, 4.69) is 14.8 Å². The minimum Gasteiger partial charge on any atom is -0.349 e. The van der Waals surface area contributed by atoms with Gasteiger partial charge in [-0.05, 0) is 17.6 Å². The van der Waals surface area contributed by atoms with Crippen molar-refractivity contribution >= 4 is 45.9 Å². The molecule has 0 spiro atoms. The first-order valence-electron chi connectivity index (χ1n) is 9.36. The van der Waals surface area contributed by atoms with E-state index in [0.29, 0.717) is 21.5 Å². The van der Waals surface area contributed by atoms with E-state index >= 15 is 0 Å². The van der Waals surface area contributed by atoms with Crippen molar-refractivity contribution in [3.8, 4) is 0 Å². The topological polar surface area (TPSA) is 95.0 Å². The number of carbonyl (C=O) groups is 3. The Balaban J connectivity index is 1.42. The number of aromatic nitrogens is 1. The molecule has 1 unspecified atom stereocenters. The summed E-state index contributed by atoms with van der Waals surface area (Å²) in [6.07, 6.45) is -0.726. The van der Waals surface area contributed by atoms with Gasteiger partial charge in [0.1, 0.15) is 4.88 Å². The number of hydrazone groups is 1. The average Bonchev–Trinajstić information content (AvgIpc) is 3.35. The Morgan fingerprint density at radius 1 is 1.33 bits per heavy atom. The normalized spacial score (nSPS) is 20.7. The van der Waals surface area contributed by atoms with Crippen molar-refractivity contribution in [1.29, 1.82) is 0 Å². The first kappa shape index (κ1) is 20.3. The number of likely N-dealkylation sites (tertiary alicyclic amines) is 1. The standard InChI is InChI=1S/C19H19F2N5O3S/c1-25-15(27)6-11(23-25)7-16(28)26-10-19(20,21)8-12(26)9-22-18(29)17-13-4-2-3-5-14(13)24-30-17/h2-5,12H,6-10H2,1H3,(H,22,29). The SMILES string of the molecule is CN1N=C(CC(=O)N2CC(F)(F)CC2CNC(=O)c2snc3ccccc23)CC1=O. The summed E-state index contributed by atoms with van der Waals surface area (Å²) < 4.78 is 32.3. The first-order chi connectivity index (χ1) is 14.2. The summed E-state index contributed by atoms with van der Waals surface area (Å²) in [5, 5.41) is 8.46. The van der Waals surface area contributed by atoms with Crippen LogP contribution in [0.3, 0.4) is 0 Å². The lowest BCUT2D eigenvalue weighted by Gasteiger charge is -2.24. The van der Waals surface area contributed by atoms with E-state index in [1.165, 1.54) is 7.05 Å². The van der Waals surface area contributed by atoms with E-state index < -0.39 is 36.7 Å². The highest BCUT2D eigenvalue weighted by Gasteiger charge is 2.47. The summed E-state index contributed by atoms with van der Waals surface area (Å²) in [6, 6.07) is 6.32. The molecule has 1 saturated heterocycles. The largest absolute Gasteiger partial charge is 0.349 e. The third-order valence-corrected chi connectivity index (χ3v) is 6.02. The number of benzene rings is 1. The number of nitrogens with zero attached hydrogens (tertiary/aromatic N) is 4. The summed E-state index contributed by atoms with van der Waals surface area (Å²) in [5.74, 6) is -4.22. The van der Waals surface area contributed by atoms with E-state index in [1.807, 2.05) is 6.07 Å². The molecule has 11 heteroatoms. The van der Waals surface area contributed by atoms with Gasteiger partial charge in [-0.15, -0.1) is 0 Å². The van der Waals surface area contributed by atoms with E-state index in [0.717, 1.165) is 21.4 Å². The Morgan fingerprint density at radius 2 is 2.10 bits per heavy atom. The van der Waals surface area contributed by atoms with Crippen molar-refractivity contribution < 1.29 is 23.2 Å². The van der Waals surface area contributed by atoms with Crippen molar-refractivity contribution in [1.82, 2.24) is 19.6 Å². The van der Waals surface area contributed by atoms with Gasteiger partial charge < -0.3 is 10.2 Å². The lowest BCUT2D eigenvalue weighted by atomic mass is 10.1. The summed E-state index contributed by atoms with van der Waals surface area (Å²) in [6.45, 7) is -0.815. The number of hydrogen-bond acceptors (Lipinski definition) is 6. The zero-order valence-corrected chi connectivity index (χ0v) is 16.9. The van der Waals surface area contributed by atoms with Gasteiger partial charge >= 0.3 is 0 Å². The highest BCUT2D eigenvalue weighted by Crippen LogP contribution is 2.32. The van der Waals surface area contributed by atoms with Crippen LogP contribution in [-0.2, 0) is 9.59 Å². The molecule has 30 heavy (non-hydrogen) atoms. The van der Waals surface area contributed by atoms with Crippen molar-refractivity contribution in [3.05, 3.63) is 29.1 Å². The second kappa shape index (κ2) is 7.71. The van der Waals surface area contributed by atoms with Gasteiger partial charge in [0.25, 0.3) is 11.8 Å². The van der Waals surface area contributed by atoms with Gasteiger partial charge in [0.2, 0.25) is 11.8 Å². The van der Waals surface area contributed by atoms with Crippen LogP contribution in [0.2, 0.25) is 0 Å². The summed E-state index contributed by atoms with van der Waals surface area (Å²) >= 11 is 1.04. The Morgan fingerprint density at radius 3 is 2.83 bits per heavy atom. The molecule has 0 aliphatic carbocycles. The van der Waals surface area contributed by atoms with Crippen LogP contribution in [0.1, 0.15) is 28.9 Å². The monoisotopic (exact) mass is 435 g/mol. The van der Waals surface area contributed by atoms with Crippen molar-refractivity contribution in [2.24, 2.45) is 5.10 Å². The number of fused-ring (bicyclic) bond motifs is 1. The smallest absolute Gasteiger partial charge is 0.267 e.